The smallest absolute Gasteiger partial charge is 0.316 e. The Hall–Kier alpha value is -3.19. The van der Waals surface area contributed by atoms with Gasteiger partial charge in [-0.2, -0.15) is 0 Å². The van der Waals surface area contributed by atoms with Crippen LogP contribution in [0.15, 0.2) is 48.5 Å². The summed E-state index contributed by atoms with van der Waals surface area (Å²) < 4.78 is 0.793. The van der Waals surface area contributed by atoms with E-state index in [-0.39, 0.29) is 11.5 Å². The predicted molar refractivity (Wildman–Crippen MR) is 107 cm³/mol. The van der Waals surface area contributed by atoms with Gasteiger partial charge < -0.3 is 5.21 Å². The molecule has 3 rings (SSSR count). The van der Waals surface area contributed by atoms with Gasteiger partial charge in [0.05, 0.1) is 10.5 Å². The lowest BCUT2D eigenvalue weighted by molar-refractivity contribution is -0.539. The molecule has 7 nitrogen and oxygen atoms in total. The van der Waals surface area contributed by atoms with E-state index in [4.69, 9.17) is 0 Å². The van der Waals surface area contributed by atoms with Crippen LogP contribution in [0.25, 0.3) is 12.2 Å². The van der Waals surface area contributed by atoms with E-state index in [0.29, 0.717) is 5.56 Å². The minimum absolute atomic E-state index is 0.0465. The van der Waals surface area contributed by atoms with Gasteiger partial charge in [0.15, 0.2) is 5.54 Å². The van der Waals surface area contributed by atoms with E-state index >= 15 is 0 Å². The highest BCUT2D eigenvalue weighted by atomic mass is 16.6. The van der Waals surface area contributed by atoms with Crippen LogP contribution in [0.2, 0.25) is 0 Å². The number of rotatable bonds is 4. The van der Waals surface area contributed by atoms with E-state index in [1.54, 1.807) is 52.0 Å². The third-order valence-electron chi connectivity index (χ3n) is 5.64. The SMILES string of the molecule is CC1(C)N([O])C(c2ccc(/C=C/c3ccc([N+](=O)[O-])cc3)cc2)=[N+]([O-])C1(C)C. The number of non-ortho nitro benzene ring substituents is 1. The molecule has 0 spiro atoms. The van der Waals surface area contributed by atoms with Gasteiger partial charge in [-0.15, -0.1) is 0 Å². The number of hydrogen-bond donors (Lipinski definition) is 0. The third kappa shape index (κ3) is 3.14. The zero-order valence-electron chi connectivity index (χ0n) is 16.2. The van der Waals surface area contributed by atoms with Crippen molar-refractivity contribution < 1.29 is 14.9 Å². The molecule has 2 aromatic rings. The Labute approximate surface area is 163 Å². The monoisotopic (exact) mass is 380 g/mol. The lowest BCUT2D eigenvalue weighted by atomic mass is 9.84. The first-order chi connectivity index (χ1) is 13.1. The Morgan fingerprint density at radius 2 is 1.39 bits per heavy atom. The van der Waals surface area contributed by atoms with E-state index in [9.17, 15) is 20.5 Å². The van der Waals surface area contributed by atoms with E-state index in [1.165, 1.54) is 12.1 Å². The summed E-state index contributed by atoms with van der Waals surface area (Å²) in [5, 5.41) is 36.9. The Bertz CT molecular complexity index is 958. The summed E-state index contributed by atoms with van der Waals surface area (Å²) >= 11 is 0. The van der Waals surface area contributed by atoms with Crippen molar-refractivity contribution in [2.24, 2.45) is 0 Å². The molecule has 7 heteroatoms. The number of amidine groups is 1. The number of hydrogen-bond acceptors (Lipinski definition) is 4. The molecule has 0 fully saturated rings. The average molecular weight is 380 g/mol. The summed E-state index contributed by atoms with van der Waals surface area (Å²) in [6.07, 6.45) is 3.70. The molecule has 0 atom stereocenters. The predicted octanol–water partition coefficient (Wildman–Crippen LogP) is 4.24. The summed E-state index contributed by atoms with van der Waals surface area (Å²) in [5.41, 5.74) is 0.632. The quantitative estimate of drug-likeness (QED) is 0.261. The Kier molecular flexibility index (Phi) is 4.72. The van der Waals surface area contributed by atoms with E-state index in [1.807, 2.05) is 24.3 Å². The van der Waals surface area contributed by atoms with E-state index in [0.717, 1.165) is 20.9 Å². The maximum absolute atomic E-state index is 12.7. The van der Waals surface area contributed by atoms with Crippen LogP contribution in [-0.2, 0) is 5.21 Å². The Morgan fingerprint density at radius 1 is 0.929 bits per heavy atom. The standard InChI is InChI=1S/C21H22N3O4/c1-20(2)21(3,4)23(26)19(22(20)25)17-11-7-15(8-12-17)5-6-16-9-13-18(14-10-16)24(27)28/h5-14H,1-4H3/b6-5+. The van der Waals surface area contributed by atoms with Crippen molar-refractivity contribution in [1.82, 2.24) is 5.06 Å². The fraction of sp³-hybridized carbons (Fsp3) is 0.286. The molecule has 1 aliphatic heterocycles. The van der Waals surface area contributed by atoms with Crippen LogP contribution in [0.4, 0.5) is 5.69 Å². The van der Waals surface area contributed by atoms with Crippen LogP contribution in [0, 0.1) is 15.3 Å². The molecule has 1 heterocycles. The number of benzene rings is 2. The summed E-state index contributed by atoms with van der Waals surface area (Å²) in [7, 11) is 0. The summed E-state index contributed by atoms with van der Waals surface area (Å²) in [4.78, 5) is 10.3. The molecule has 0 unspecified atom stereocenters. The van der Waals surface area contributed by atoms with Gasteiger partial charge in [0, 0.05) is 17.3 Å². The van der Waals surface area contributed by atoms with Gasteiger partial charge in [-0.05, 0) is 63.1 Å². The maximum atomic E-state index is 12.7. The second-order valence-electron chi connectivity index (χ2n) is 7.83. The van der Waals surface area contributed by atoms with Gasteiger partial charge in [-0.3, -0.25) is 14.9 Å². The van der Waals surface area contributed by atoms with Gasteiger partial charge >= 0.3 is 5.84 Å². The van der Waals surface area contributed by atoms with Crippen LogP contribution < -0.4 is 0 Å². The minimum Gasteiger partial charge on any atom is -0.714 e. The summed E-state index contributed by atoms with van der Waals surface area (Å²) in [6, 6.07) is 13.4. The largest absolute Gasteiger partial charge is 0.714 e. The zero-order chi connectivity index (χ0) is 20.7. The minimum atomic E-state index is -0.849. The van der Waals surface area contributed by atoms with Crippen molar-refractivity contribution in [3.8, 4) is 0 Å². The van der Waals surface area contributed by atoms with Gasteiger partial charge in [0.1, 0.15) is 5.54 Å². The molecule has 28 heavy (non-hydrogen) atoms. The van der Waals surface area contributed by atoms with Gasteiger partial charge in [0.2, 0.25) is 0 Å². The summed E-state index contributed by atoms with van der Waals surface area (Å²) in [6.45, 7) is 7.05. The van der Waals surface area contributed by atoms with Crippen LogP contribution in [0.3, 0.4) is 0 Å². The fourth-order valence-electron chi connectivity index (χ4n) is 2.99. The normalized spacial score (nSPS) is 18.1. The molecule has 1 aliphatic rings. The highest BCUT2D eigenvalue weighted by molar-refractivity contribution is 5.96. The highest BCUT2D eigenvalue weighted by Crippen LogP contribution is 2.37. The lowest BCUT2D eigenvalue weighted by Crippen LogP contribution is -2.53. The van der Waals surface area contributed by atoms with Crippen LogP contribution in [0.1, 0.15) is 44.4 Å². The second kappa shape index (κ2) is 6.76. The average Bonchev–Trinajstić information content (AvgIpc) is 2.78. The number of nitrogens with zero attached hydrogens (tertiary/aromatic N) is 3. The van der Waals surface area contributed by atoms with Crippen molar-refractivity contribution in [3.05, 3.63) is 80.5 Å². The van der Waals surface area contributed by atoms with Crippen LogP contribution in [0.5, 0.6) is 0 Å². The molecule has 0 bridgehead atoms. The number of nitro groups is 1. The first kappa shape index (κ1) is 19.6. The topological polar surface area (TPSA) is 92.4 Å². The van der Waals surface area contributed by atoms with E-state index in [2.05, 4.69) is 0 Å². The van der Waals surface area contributed by atoms with Gasteiger partial charge in [-0.25, -0.2) is 0 Å². The fourth-order valence-corrected chi connectivity index (χ4v) is 2.99. The number of nitro benzene ring substituents is 1. The Balaban J connectivity index is 1.82. The van der Waals surface area contributed by atoms with Gasteiger partial charge in [-0.1, -0.05) is 29.3 Å². The van der Waals surface area contributed by atoms with Crippen molar-refractivity contribution in [2.45, 2.75) is 38.8 Å². The van der Waals surface area contributed by atoms with Gasteiger partial charge in [0.25, 0.3) is 5.69 Å². The molecule has 0 aromatic heterocycles. The molecule has 0 saturated carbocycles. The van der Waals surface area contributed by atoms with Crippen LogP contribution in [-0.4, -0.2) is 31.6 Å². The third-order valence-corrected chi connectivity index (χ3v) is 5.64. The number of hydroxylamine groups is 3. The molecule has 0 N–H and O–H groups in total. The lowest BCUT2D eigenvalue weighted by Gasteiger charge is -2.32. The second-order valence-corrected chi connectivity index (χ2v) is 7.83. The molecular formula is C21H22N3O4. The summed E-state index contributed by atoms with van der Waals surface area (Å²) in [5.74, 6) is 0.112. The first-order valence-corrected chi connectivity index (χ1v) is 8.90. The Morgan fingerprint density at radius 3 is 1.79 bits per heavy atom. The molecule has 145 valence electrons. The highest BCUT2D eigenvalue weighted by Gasteiger charge is 2.59. The van der Waals surface area contributed by atoms with Crippen molar-refractivity contribution in [2.75, 3.05) is 0 Å². The zero-order valence-corrected chi connectivity index (χ0v) is 16.2. The van der Waals surface area contributed by atoms with Crippen molar-refractivity contribution >= 4 is 23.7 Å². The molecule has 2 aromatic carbocycles. The van der Waals surface area contributed by atoms with Crippen molar-refractivity contribution in [1.29, 1.82) is 0 Å². The molecule has 0 amide bonds. The van der Waals surface area contributed by atoms with E-state index < -0.39 is 16.0 Å². The maximum Gasteiger partial charge on any atom is 0.316 e. The molecular weight excluding hydrogens is 358 g/mol. The molecule has 0 aliphatic carbocycles. The van der Waals surface area contributed by atoms with Crippen molar-refractivity contribution in [3.63, 3.8) is 0 Å². The molecule has 1 radical (unpaired) electrons. The first-order valence-electron chi connectivity index (χ1n) is 8.90. The molecule has 0 saturated heterocycles. The van der Waals surface area contributed by atoms with Crippen LogP contribution >= 0.6 is 0 Å².